The molecular weight excluding hydrogens is 352 g/mol. The second-order valence-corrected chi connectivity index (χ2v) is 9.92. The summed E-state index contributed by atoms with van der Waals surface area (Å²) in [6.45, 7) is 20.0. The summed E-state index contributed by atoms with van der Waals surface area (Å²) >= 11 is 0. The largest absolute Gasteiger partial charge is 0.462 e. The lowest BCUT2D eigenvalue weighted by Crippen LogP contribution is -2.55. The molecule has 2 saturated carbocycles. The maximum Gasteiger partial charge on any atom is 0.303 e. The van der Waals surface area contributed by atoms with Crippen LogP contribution in [0.3, 0.4) is 0 Å². The molecule has 0 aliphatic heterocycles. The van der Waals surface area contributed by atoms with Crippen molar-refractivity contribution < 1.29 is 19.1 Å². The van der Waals surface area contributed by atoms with Crippen LogP contribution in [0, 0.1) is 22.7 Å². The zero-order valence-electron chi connectivity index (χ0n) is 18.6. The maximum absolute atomic E-state index is 11.6. The first-order valence-electron chi connectivity index (χ1n) is 10.5. The molecule has 2 aliphatic rings. The highest BCUT2D eigenvalue weighted by atomic mass is 16.6. The fourth-order valence-electron chi connectivity index (χ4n) is 6.05. The third-order valence-corrected chi connectivity index (χ3v) is 7.56. The molecule has 0 heterocycles. The van der Waals surface area contributed by atoms with Crippen molar-refractivity contribution in [3.63, 3.8) is 0 Å². The van der Waals surface area contributed by atoms with E-state index in [1.807, 2.05) is 6.92 Å². The van der Waals surface area contributed by atoms with E-state index in [-0.39, 0.29) is 28.9 Å². The Hall–Kier alpha value is -1.58. The van der Waals surface area contributed by atoms with Crippen molar-refractivity contribution >= 4 is 11.9 Å². The van der Waals surface area contributed by atoms with Crippen molar-refractivity contribution in [2.75, 3.05) is 0 Å². The number of fused-ring (bicyclic) bond motifs is 1. The van der Waals surface area contributed by atoms with Crippen LogP contribution in [0.2, 0.25) is 0 Å². The lowest BCUT2D eigenvalue weighted by molar-refractivity contribution is -0.175. The summed E-state index contributed by atoms with van der Waals surface area (Å²) in [5.74, 6) is 0.342. The first-order chi connectivity index (χ1) is 12.9. The third-order valence-electron chi connectivity index (χ3n) is 7.56. The Morgan fingerprint density at radius 2 is 1.86 bits per heavy atom. The van der Waals surface area contributed by atoms with Crippen molar-refractivity contribution in [2.24, 2.45) is 22.7 Å². The first-order valence-corrected chi connectivity index (χ1v) is 10.5. The van der Waals surface area contributed by atoms with E-state index in [1.165, 1.54) is 19.4 Å². The van der Waals surface area contributed by atoms with E-state index in [2.05, 4.69) is 33.9 Å². The van der Waals surface area contributed by atoms with E-state index < -0.39 is 5.60 Å². The van der Waals surface area contributed by atoms with Crippen LogP contribution in [0.5, 0.6) is 0 Å². The van der Waals surface area contributed by atoms with Gasteiger partial charge in [0.05, 0.1) is 0 Å². The van der Waals surface area contributed by atoms with Crippen LogP contribution in [-0.2, 0) is 19.1 Å². The number of ether oxygens (including phenoxy) is 2. The molecule has 0 spiro atoms. The van der Waals surface area contributed by atoms with E-state index in [1.54, 1.807) is 6.08 Å². The molecule has 5 unspecified atom stereocenters. The van der Waals surface area contributed by atoms with Gasteiger partial charge in [0.1, 0.15) is 11.7 Å². The van der Waals surface area contributed by atoms with Crippen molar-refractivity contribution in [2.45, 2.75) is 91.8 Å². The number of rotatable bonds is 6. The Bertz CT molecular complexity index is 649. The summed E-state index contributed by atoms with van der Waals surface area (Å²) in [7, 11) is 0. The summed E-state index contributed by atoms with van der Waals surface area (Å²) in [5.41, 5.74) is 0.679. The molecular formula is C24H38O4. The van der Waals surface area contributed by atoms with Gasteiger partial charge in [0.2, 0.25) is 0 Å². The summed E-state index contributed by atoms with van der Waals surface area (Å²) < 4.78 is 11.2. The Morgan fingerprint density at radius 3 is 2.39 bits per heavy atom. The Balaban J connectivity index is 2.24. The van der Waals surface area contributed by atoms with Gasteiger partial charge in [-0.15, -0.1) is 0 Å². The van der Waals surface area contributed by atoms with Gasteiger partial charge in [-0.2, -0.15) is 0 Å². The number of esters is 2. The Morgan fingerprint density at radius 1 is 1.21 bits per heavy atom. The third kappa shape index (κ3) is 4.36. The van der Waals surface area contributed by atoms with Crippen LogP contribution in [-0.4, -0.2) is 23.6 Å². The quantitative estimate of drug-likeness (QED) is 0.437. The van der Waals surface area contributed by atoms with E-state index in [0.29, 0.717) is 11.8 Å². The second kappa shape index (κ2) is 8.04. The second-order valence-electron chi connectivity index (χ2n) is 9.92. The van der Waals surface area contributed by atoms with Crippen molar-refractivity contribution in [3.05, 3.63) is 24.8 Å². The number of carbonyl (C=O) groups is 2. The zero-order chi connectivity index (χ0) is 21.3. The topological polar surface area (TPSA) is 52.6 Å². The summed E-state index contributed by atoms with van der Waals surface area (Å²) in [5, 5.41) is 0. The minimum Gasteiger partial charge on any atom is -0.462 e. The molecule has 4 nitrogen and oxygen atoms in total. The van der Waals surface area contributed by atoms with Crippen LogP contribution >= 0.6 is 0 Å². The lowest BCUT2D eigenvalue weighted by Gasteiger charge is -2.60. The van der Waals surface area contributed by atoms with Gasteiger partial charge >= 0.3 is 11.9 Å². The van der Waals surface area contributed by atoms with Crippen molar-refractivity contribution in [1.82, 2.24) is 0 Å². The Labute approximate surface area is 170 Å². The van der Waals surface area contributed by atoms with Crippen LogP contribution in [0.25, 0.3) is 0 Å². The van der Waals surface area contributed by atoms with Gasteiger partial charge in [-0.3, -0.25) is 9.59 Å². The van der Waals surface area contributed by atoms with E-state index in [4.69, 9.17) is 9.47 Å². The van der Waals surface area contributed by atoms with Crippen LogP contribution in [0.1, 0.15) is 80.1 Å². The summed E-state index contributed by atoms with van der Waals surface area (Å²) in [6.07, 6.45) is 7.33. The molecule has 5 atom stereocenters. The summed E-state index contributed by atoms with van der Waals surface area (Å²) in [4.78, 5) is 23.1. The maximum atomic E-state index is 11.6. The highest BCUT2D eigenvalue weighted by Crippen LogP contribution is 2.62. The van der Waals surface area contributed by atoms with Gasteiger partial charge in [0.15, 0.2) is 0 Å². The predicted molar refractivity (Wildman–Crippen MR) is 112 cm³/mol. The van der Waals surface area contributed by atoms with Crippen molar-refractivity contribution in [3.8, 4) is 0 Å². The minimum atomic E-state index is -0.653. The van der Waals surface area contributed by atoms with Crippen molar-refractivity contribution in [1.29, 1.82) is 0 Å². The fraction of sp³-hybridized carbons (Fsp3) is 0.750. The fourth-order valence-corrected chi connectivity index (χ4v) is 6.05. The van der Waals surface area contributed by atoms with E-state index in [0.717, 1.165) is 38.5 Å². The first kappa shape index (κ1) is 22.7. The van der Waals surface area contributed by atoms with Gasteiger partial charge in [-0.05, 0) is 68.8 Å². The van der Waals surface area contributed by atoms with Gasteiger partial charge in [-0.25, -0.2) is 0 Å². The molecule has 0 saturated heterocycles. The molecule has 2 aliphatic carbocycles. The number of allylic oxidation sites excluding steroid dienone is 1. The summed E-state index contributed by atoms with van der Waals surface area (Å²) in [6, 6.07) is 0. The highest BCUT2D eigenvalue weighted by Gasteiger charge is 2.57. The van der Waals surface area contributed by atoms with Crippen LogP contribution in [0.4, 0.5) is 0 Å². The molecule has 0 N–H and O–H groups in total. The molecule has 4 heteroatoms. The van der Waals surface area contributed by atoms with E-state index >= 15 is 0 Å². The SMILES string of the molecule is C=CC(C)(CCC1C(=C)CCC2C(C)(C)C(OC(C)=O)CCC12C)OC(C)=O. The number of hydrogen-bond acceptors (Lipinski definition) is 4. The number of carbonyl (C=O) groups excluding carboxylic acids is 2. The average Bonchev–Trinajstić information content (AvgIpc) is 2.56. The molecule has 0 bridgehead atoms. The minimum absolute atomic E-state index is 0.0328. The molecule has 0 radical (unpaired) electrons. The van der Waals surface area contributed by atoms with Crippen LogP contribution < -0.4 is 0 Å². The zero-order valence-corrected chi connectivity index (χ0v) is 18.6. The molecule has 2 fully saturated rings. The molecule has 28 heavy (non-hydrogen) atoms. The smallest absolute Gasteiger partial charge is 0.303 e. The molecule has 0 aromatic heterocycles. The van der Waals surface area contributed by atoms with Crippen LogP contribution in [0.15, 0.2) is 24.8 Å². The molecule has 0 aromatic carbocycles. The van der Waals surface area contributed by atoms with Gasteiger partial charge < -0.3 is 9.47 Å². The highest BCUT2D eigenvalue weighted by molar-refractivity contribution is 5.67. The van der Waals surface area contributed by atoms with Gasteiger partial charge in [-0.1, -0.05) is 39.5 Å². The predicted octanol–water partition coefficient (Wildman–Crippen LogP) is 5.61. The van der Waals surface area contributed by atoms with E-state index in [9.17, 15) is 9.59 Å². The molecule has 158 valence electrons. The standard InChI is InChI=1S/C24H38O4/c1-9-23(7,28-18(4)26)14-12-19-16(2)10-11-20-22(5,6)21(27-17(3)25)13-15-24(19,20)8/h9,19-21H,1-2,10-15H2,3-8H3. The average molecular weight is 391 g/mol. The molecule has 0 aromatic rings. The molecule has 0 amide bonds. The monoisotopic (exact) mass is 390 g/mol. The van der Waals surface area contributed by atoms with Gasteiger partial charge in [0, 0.05) is 19.3 Å². The molecule has 2 rings (SSSR count). The normalized spacial score (nSPS) is 33.9. The Kier molecular flexibility index (Phi) is 6.52. The number of hydrogen-bond donors (Lipinski definition) is 0. The lowest BCUT2D eigenvalue weighted by atomic mass is 9.46. The van der Waals surface area contributed by atoms with Gasteiger partial charge in [0.25, 0.3) is 0 Å².